The first kappa shape index (κ1) is 7.61. The second-order valence-corrected chi connectivity index (χ2v) is 3.46. The Labute approximate surface area is 76.0 Å². The molecule has 0 unspecified atom stereocenters. The third-order valence-electron chi connectivity index (χ3n) is 2.22. The predicted molar refractivity (Wildman–Crippen MR) is 49.7 cm³/mol. The maximum Gasteiger partial charge on any atom is 0.141 e. The number of hydrogen-bond donors (Lipinski definition) is 1. The molecule has 1 heterocycles. The summed E-state index contributed by atoms with van der Waals surface area (Å²) in [6.45, 7) is 0. The Morgan fingerprint density at radius 1 is 1.42 bits per heavy atom. The summed E-state index contributed by atoms with van der Waals surface area (Å²) in [5, 5.41) is 0. The van der Waals surface area contributed by atoms with Gasteiger partial charge in [-0.25, -0.2) is 9.97 Å². The molecule has 0 atom stereocenters. The molecule has 1 fully saturated rings. The molecule has 0 radical (unpaired) electrons. The molecule has 0 aliphatic heterocycles. The lowest BCUT2D eigenvalue weighted by molar-refractivity contribution is 0.826. The van der Waals surface area contributed by atoms with Crippen molar-refractivity contribution in [3.63, 3.8) is 0 Å². The van der Waals surface area contributed by atoms with E-state index >= 15 is 0 Å². The van der Waals surface area contributed by atoms with Crippen molar-refractivity contribution >= 4 is 17.2 Å². The molecule has 0 spiro atoms. The van der Waals surface area contributed by atoms with Crippen LogP contribution in [0.3, 0.4) is 0 Å². The molecule has 0 aromatic carbocycles. The van der Waals surface area contributed by atoms with E-state index in [0.29, 0.717) is 4.99 Å². The summed E-state index contributed by atoms with van der Waals surface area (Å²) in [5.41, 5.74) is 5.45. The fourth-order valence-electron chi connectivity index (χ4n) is 1.25. The second kappa shape index (κ2) is 2.48. The van der Waals surface area contributed by atoms with Crippen LogP contribution in [0, 0.1) is 0 Å². The Morgan fingerprint density at radius 3 is 2.42 bits per heavy atom. The van der Waals surface area contributed by atoms with Crippen molar-refractivity contribution in [1.82, 2.24) is 9.97 Å². The van der Waals surface area contributed by atoms with E-state index in [9.17, 15) is 0 Å². The zero-order valence-corrected chi connectivity index (χ0v) is 7.34. The number of nitrogens with two attached hydrogens (primary N) is 1. The molecule has 1 saturated carbocycles. The van der Waals surface area contributed by atoms with Gasteiger partial charge in [-0.15, -0.1) is 0 Å². The van der Waals surface area contributed by atoms with Gasteiger partial charge in [0, 0.05) is 12.4 Å². The van der Waals surface area contributed by atoms with Gasteiger partial charge < -0.3 is 5.73 Å². The van der Waals surface area contributed by atoms with Gasteiger partial charge in [0.1, 0.15) is 5.82 Å². The third-order valence-corrected chi connectivity index (χ3v) is 2.61. The zero-order chi connectivity index (χ0) is 8.60. The highest BCUT2D eigenvalue weighted by Crippen LogP contribution is 2.46. The molecule has 0 amide bonds. The summed E-state index contributed by atoms with van der Waals surface area (Å²) in [4.78, 5) is 8.83. The molecule has 4 heteroatoms. The second-order valence-electron chi connectivity index (χ2n) is 3.02. The molecule has 0 saturated heterocycles. The third kappa shape index (κ3) is 0.992. The van der Waals surface area contributed by atoms with Crippen LogP contribution in [0.2, 0.25) is 0 Å². The van der Waals surface area contributed by atoms with Gasteiger partial charge in [0.2, 0.25) is 0 Å². The summed E-state index contributed by atoms with van der Waals surface area (Å²) in [5.74, 6) is 0.775. The maximum absolute atomic E-state index is 5.62. The van der Waals surface area contributed by atoms with Gasteiger partial charge in [-0.1, -0.05) is 12.2 Å². The van der Waals surface area contributed by atoms with E-state index in [1.54, 1.807) is 18.5 Å². The number of thiocarbonyl (C=S) groups is 1. The number of rotatable bonds is 2. The average Bonchev–Trinajstić information content (AvgIpc) is 2.86. The standard InChI is InChI=1S/C8H9N3S/c9-6(12)8(2-3-8)7-10-4-1-5-11-7/h1,4-5H,2-3H2,(H2,9,12). The Hall–Kier alpha value is -1.03. The maximum atomic E-state index is 5.62. The van der Waals surface area contributed by atoms with Crippen LogP contribution in [0.1, 0.15) is 18.7 Å². The van der Waals surface area contributed by atoms with Crippen molar-refractivity contribution in [2.24, 2.45) is 5.73 Å². The van der Waals surface area contributed by atoms with Gasteiger partial charge in [0.05, 0.1) is 10.4 Å². The molecule has 2 rings (SSSR count). The minimum Gasteiger partial charge on any atom is -0.392 e. The van der Waals surface area contributed by atoms with E-state index in [2.05, 4.69) is 9.97 Å². The molecule has 0 bridgehead atoms. The largest absolute Gasteiger partial charge is 0.392 e. The summed E-state index contributed by atoms with van der Waals surface area (Å²) < 4.78 is 0. The molecule has 1 aliphatic rings. The van der Waals surface area contributed by atoms with Crippen LogP contribution in [0.4, 0.5) is 0 Å². The summed E-state index contributed by atoms with van der Waals surface area (Å²) >= 11 is 4.97. The number of nitrogens with zero attached hydrogens (tertiary/aromatic N) is 2. The SMILES string of the molecule is NC(=S)C1(c2ncccn2)CC1. The molecular formula is C8H9N3S. The van der Waals surface area contributed by atoms with Gasteiger partial charge in [0.25, 0.3) is 0 Å². The first-order chi connectivity index (χ1) is 5.76. The molecule has 3 nitrogen and oxygen atoms in total. The van der Waals surface area contributed by atoms with E-state index in [4.69, 9.17) is 18.0 Å². The minimum atomic E-state index is -0.170. The van der Waals surface area contributed by atoms with Crippen LogP contribution in [0.25, 0.3) is 0 Å². The predicted octanol–water partition coefficient (Wildman–Crippen LogP) is 0.794. The van der Waals surface area contributed by atoms with Crippen LogP contribution in [-0.4, -0.2) is 15.0 Å². The Balaban J connectivity index is 2.37. The van der Waals surface area contributed by atoms with Crippen LogP contribution in [0.15, 0.2) is 18.5 Å². The van der Waals surface area contributed by atoms with Gasteiger partial charge in [0.15, 0.2) is 0 Å². The lowest BCUT2D eigenvalue weighted by Crippen LogP contribution is -2.28. The van der Waals surface area contributed by atoms with Crippen molar-refractivity contribution < 1.29 is 0 Å². The molecule has 12 heavy (non-hydrogen) atoms. The lowest BCUT2D eigenvalue weighted by atomic mass is 10.1. The van der Waals surface area contributed by atoms with Crippen molar-refractivity contribution in [3.8, 4) is 0 Å². The van der Waals surface area contributed by atoms with Crippen molar-refractivity contribution in [3.05, 3.63) is 24.3 Å². The summed E-state index contributed by atoms with van der Waals surface area (Å²) in [6, 6.07) is 1.79. The van der Waals surface area contributed by atoms with Crippen LogP contribution >= 0.6 is 12.2 Å². The van der Waals surface area contributed by atoms with E-state index < -0.39 is 0 Å². The van der Waals surface area contributed by atoms with Crippen LogP contribution < -0.4 is 5.73 Å². The Morgan fingerprint density at radius 2 is 2.00 bits per heavy atom. The fraction of sp³-hybridized carbons (Fsp3) is 0.375. The first-order valence-corrected chi connectivity index (χ1v) is 4.24. The van der Waals surface area contributed by atoms with Gasteiger partial charge in [-0.05, 0) is 18.9 Å². The van der Waals surface area contributed by atoms with Gasteiger partial charge in [-0.3, -0.25) is 0 Å². The van der Waals surface area contributed by atoms with Crippen LogP contribution in [-0.2, 0) is 5.41 Å². The zero-order valence-electron chi connectivity index (χ0n) is 6.53. The molecular weight excluding hydrogens is 170 g/mol. The molecule has 62 valence electrons. The minimum absolute atomic E-state index is 0.170. The molecule has 1 aliphatic carbocycles. The van der Waals surface area contributed by atoms with E-state index in [0.717, 1.165) is 18.7 Å². The number of aromatic nitrogens is 2. The first-order valence-electron chi connectivity index (χ1n) is 3.83. The van der Waals surface area contributed by atoms with E-state index in [1.165, 1.54) is 0 Å². The fourth-order valence-corrected chi connectivity index (χ4v) is 1.55. The smallest absolute Gasteiger partial charge is 0.141 e. The van der Waals surface area contributed by atoms with Gasteiger partial charge >= 0.3 is 0 Å². The number of hydrogen-bond acceptors (Lipinski definition) is 3. The Kier molecular flexibility index (Phi) is 1.58. The van der Waals surface area contributed by atoms with Crippen molar-refractivity contribution in [1.29, 1.82) is 0 Å². The highest BCUT2D eigenvalue weighted by Gasteiger charge is 2.49. The summed E-state index contributed by atoms with van der Waals surface area (Å²) in [7, 11) is 0. The topological polar surface area (TPSA) is 51.8 Å². The van der Waals surface area contributed by atoms with E-state index in [1.807, 2.05) is 0 Å². The molecule has 2 N–H and O–H groups in total. The van der Waals surface area contributed by atoms with Crippen molar-refractivity contribution in [2.75, 3.05) is 0 Å². The van der Waals surface area contributed by atoms with Gasteiger partial charge in [-0.2, -0.15) is 0 Å². The molecule has 1 aromatic heterocycles. The quantitative estimate of drug-likeness (QED) is 0.682. The molecule has 1 aromatic rings. The highest BCUT2D eigenvalue weighted by atomic mass is 32.1. The summed E-state index contributed by atoms with van der Waals surface area (Å²) in [6.07, 6.45) is 5.43. The van der Waals surface area contributed by atoms with Crippen LogP contribution in [0.5, 0.6) is 0 Å². The normalized spacial score (nSPS) is 18.7. The lowest BCUT2D eigenvalue weighted by Gasteiger charge is -2.09. The average molecular weight is 179 g/mol. The Bertz CT molecular complexity index is 305. The highest BCUT2D eigenvalue weighted by molar-refractivity contribution is 7.80. The monoisotopic (exact) mass is 179 g/mol. The van der Waals surface area contributed by atoms with Crippen molar-refractivity contribution in [2.45, 2.75) is 18.3 Å². The van der Waals surface area contributed by atoms with E-state index in [-0.39, 0.29) is 5.41 Å².